The largest absolute Gasteiger partial charge is 0.494 e. The lowest BCUT2D eigenvalue weighted by atomic mass is 9.85. The van der Waals surface area contributed by atoms with Crippen molar-refractivity contribution in [3.05, 3.63) is 70.7 Å². The fourth-order valence-electron chi connectivity index (χ4n) is 3.89. The van der Waals surface area contributed by atoms with Gasteiger partial charge in [0.05, 0.1) is 24.4 Å². The van der Waals surface area contributed by atoms with E-state index in [4.69, 9.17) is 4.74 Å². The topological polar surface area (TPSA) is 73.2 Å². The summed E-state index contributed by atoms with van der Waals surface area (Å²) in [6.07, 6.45) is 0.855. The number of methoxy groups -OCH3 is 1. The first kappa shape index (κ1) is 19.8. The lowest BCUT2D eigenvalue weighted by Gasteiger charge is -2.23. The van der Waals surface area contributed by atoms with Crippen LogP contribution in [0, 0.1) is 12.7 Å². The van der Waals surface area contributed by atoms with Gasteiger partial charge >= 0.3 is 0 Å². The minimum absolute atomic E-state index is 0.0129. The fraction of sp³-hybridized carbons (Fsp3) is 0.261. The van der Waals surface area contributed by atoms with Crippen LogP contribution in [0.4, 0.5) is 10.2 Å². The number of aromatic nitrogens is 2. The molecule has 1 atom stereocenters. The number of nitrogens with one attached hydrogen (secondary N) is 1. The van der Waals surface area contributed by atoms with Crippen LogP contribution in [-0.2, 0) is 11.2 Å². The number of halogens is 1. The summed E-state index contributed by atoms with van der Waals surface area (Å²) in [6.45, 7) is 3.87. The summed E-state index contributed by atoms with van der Waals surface area (Å²) in [5.41, 5.74) is 3.46. The molecule has 1 aliphatic rings. The maximum atomic E-state index is 14.2. The second-order valence-electron chi connectivity index (χ2n) is 7.30. The van der Waals surface area contributed by atoms with Crippen molar-refractivity contribution in [2.75, 3.05) is 12.4 Å². The molecule has 4 rings (SSSR count). The van der Waals surface area contributed by atoms with Crippen LogP contribution < -0.4 is 10.1 Å². The third-order valence-corrected chi connectivity index (χ3v) is 5.42. The van der Waals surface area contributed by atoms with Gasteiger partial charge in [-0.3, -0.25) is 9.59 Å². The van der Waals surface area contributed by atoms with Crippen LogP contribution in [0.3, 0.4) is 0 Å². The van der Waals surface area contributed by atoms with Crippen LogP contribution in [0.2, 0.25) is 0 Å². The van der Waals surface area contributed by atoms with Gasteiger partial charge in [-0.2, -0.15) is 5.10 Å². The summed E-state index contributed by atoms with van der Waals surface area (Å²) >= 11 is 0. The molecule has 6 nitrogen and oxygen atoms in total. The first-order chi connectivity index (χ1) is 14.4. The Morgan fingerprint density at radius 3 is 2.80 bits per heavy atom. The standard InChI is InChI=1S/C23H22FN3O3/c1-4-14-6-5-7-16(10-14)27-23-21(13(2)26-27)17(12-20(28)25-23)22(29)15-8-9-19(30-3)18(24)11-15/h5-11,17H,4,12H2,1-3H3,(H,25,28)/t17-/m0/s1. The highest BCUT2D eigenvalue weighted by atomic mass is 19.1. The molecule has 2 aromatic carbocycles. The Balaban J connectivity index is 1.79. The Kier molecular flexibility index (Phi) is 5.11. The summed E-state index contributed by atoms with van der Waals surface area (Å²) in [7, 11) is 1.36. The van der Waals surface area contributed by atoms with Crippen molar-refractivity contribution in [1.29, 1.82) is 0 Å². The molecule has 0 aliphatic carbocycles. The van der Waals surface area contributed by atoms with E-state index in [9.17, 15) is 14.0 Å². The minimum Gasteiger partial charge on any atom is -0.494 e. The molecule has 1 aliphatic heterocycles. The molecule has 7 heteroatoms. The number of Topliss-reactive ketones (excluding diaryl/α,β-unsaturated/α-hetero) is 1. The zero-order chi connectivity index (χ0) is 21.4. The number of benzene rings is 2. The molecule has 154 valence electrons. The van der Waals surface area contributed by atoms with E-state index in [1.165, 1.54) is 19.2 Å². The summed E-state index contributed by atoms with van der Waals surface area (Å²) in [4.78, 5) is 25.7. The summed E-state index contributed by atoms with van der Waals surface area (Å²) in [5, 5.41) is 7.47. The molecule has 0 fully saturated rings. The van der Waals surface area contributed by atoms with Crippen LogP contribution in [0.15, 0.2) is 42.5 Å². The van der Waals surface area contributed by atoms with E-state index in [1.54, 1.807) is 4.68 Å². The molecular formula is C23H22FN3O3. The Bertz CT molecular complexity index is 1150. The normalized spacial score (nSPS) is 15.5. The average Bonchev–Trinajstić information content (AvgIpc) is 3.08. The summed E-state index contributed by atoms with van der Waals surface area (Å²) in [5.74, 6) is -1.39. The Hall–Kier alpha value is -3.48. The summed E-state index contributed by atoms with van der Waals surface area (Å²) < 4.78 is 20.7. The van der Waals surface area contributed by atoms with Gasteiger partial charge in [0.25, 0.3) is 0 Å². The lowest BCUT2D eigenvalue weighted by molar-refractivity contribution is -0.116. The van der Waals surface area contributed by atoms with E-state index in [0.29, 0.717) is 17.1 Å². The first-order valence-electron chi connectivity index (χ1n) is 9.79. The molecule has 0 radical (unpaired) electrons. The predicted molar refractivity (Wildman–Crippen MR) is 111 cm³/mol. The maximum Gasteiger partial charge on any atom is 0.226 e. The van der Waals surface area contributed by atoms with Crippen molar-refractivity contribution in [2.45, 2.75) is 32.6 Å². The molecule has 0 saturated carbocycles. The van der Waals surface area contributed by atoms with Crippen LogP contribution in [0.5, 0.6) is 5.75 Å². The Labute approximate surface area is 173 Å². The van der Waals surface area contributed by atoms with E-state index in [1.807, 2.05) is 31.2 Å². The van der Waals surface area contributed by atoms with Crippen molar-refractivity contribution < 1.29 is 18.7 Å². The fourth-order valence-corrected chi connectivity index (χ4v) is 3.89. The smallest absolute Gasteiger partial charge is 0.226 e. The second-order valence-corrected chi connectivity index (χ2v) is 7.30. The highest BCUT2D eigenvalue weighted by Gasteiger charge is 2.36. The molecule has 0 spiro atoms. The van der Waals surface area contributed by atoms with Crippen molar-refractivity contribution in [3.8, 4) is 11.4 Å². The highest BCUT2D eigenvalue weighted by Crippen LogP contribution is 2.38. The van der Waals surface area contributed by atoms with Gasteiger partial charge in [-0.1, -0.05) is 19.1 Å². The van der Waals surface area contributed by atoms with E-state index < -0.39 is 11.7 Å². The SMILES string of the molecule is CCc1cccc(-n2nc(C)c3c2NC(=O)C[C@@H]3C(=O)c2ccc(OC)c(F)c2)c1. The zero-order valence-corrected chi connectivity index (χ0v) is 17.0. The second kappa shape index (κ2) is 7.74. The molecular weight excluding hydrogens is 385 g/mol. The van der Waals surface area contributed by atoms with Gasteiger partial charge in [0, 0.05) is 17.5 Å². The van der Waals surface area contributed by atoms with Gasteiger partial charge in [0.2, 0.25) is 5.91 Å². The number of carbonyl (C=O) groups excluding carboxylic acids is 2. The molecule has 2 heterocycles. The van der Waals surface area contributed by atoms with Crippen LogP contribution >= 0.6 is 0 Å². The van der Waals surface area contributed by atoms with E-state index in [2.05, 4.69) is 17.3 Å². The molecule has 0 bridgehead atoms. The first-order valence-corrected chi connectivity index (χ1v) is 9.79. The Morgan fingerprint density at radius 1 is 1.30 bits per heavy atom. The number of nitrogens with zero attached hydrogens (tertiary/aromatic N) is 2. The van der Waals surface area contributed by atoms with Crippen LogP contribution in [0.25, 0.3) is 5.69 Å². The molecule has 0 unspecified atom stereocenters. The number of fused-ring (bicyclic) bond motifs is 1. The number of ketones is 1. The average molecular weight is 407 g/mol. The third kappa shape index (κ3) is 3.36. The van der Waals surface area contributed by atoms with Crippen LogP contribution in [-0.4, -0.2) is 28.6 Å². The van der Waals surface area contributed by atoms with Gasteiger partial charge in [-0.25, -0.2) is 9.07 Å². The van der Waals surface area contributed by atoms with Crippen molar-refractivity contribution in [2.24, 2.45) is 0 Å². The molecule has 0 saturated heterocycles. The summed E-state index contributed by atoms with van der Waals surface area (Å²) in [6, 6.07) is 11.9. The monoisotopic (exact) mass is 407 g/mol. The number of aryl methyl sites for hydroxylation is 2. The van der Waals surface area contributed by atoms with Crippen LogP contribution in [0.1, 0.15) is 46.4 Å². The number of hydrogen-bond acceptors (Lipinski definition) is 4. The zero-order valence-electron chi connectivity index (χ0n) is 17.0. The van der Waals surface area contributed by atoms with E-state index in [-0.39, 0.29) is 29.4 Å². The number of anilines is 1. The molecule has 1 amide bonds. The van der Waals surface area contributed by atoms with E-state index >= 15 is 0 Å². The predicted octanol–water partition coefficient (Wildman–Crippen LogP) is 4.20. The van der Waals surface area contributed by atoms with Gasteiger partial charge in [-0.05, 0) is 49.2 Å². The van der Waals surface area contributed by atoms with Crippen molar-refractivity contribution in [3.63, 3.8) is 0 Å². The minimum atomic E-state index is -0.732. The van der Waals surface area contributed by atoms with Gasteiger partial charge in [0.1, 0.15) is 5.82 Å². The molecule has 3 aromatic rings. The van der Waals surface area contributed by atoms with Gasteiger partial charge in [0.15, 0.2) is 17.3 Å². The van der Waals surface area contributed by atoms with Gasteiger partial charge in [-0.15, -0.1) is 0 Å². The van der Waals surface area contributed by atoms with E-state index in [0.717, 1.165) is 23.7 Å². The molecule has 1 N–H and O–H groups in total. The Morgan fingerprint density at radius 2 is 2.10 bits per heavy atom. The molecule has 30 heavy (non-hydrogen) atoms. The number of carbonyl (C=O) groups is 2. The maximum absolute atomic E-state index is 14.2. The number of hydrogen-bond donors (Lipinski definition) is 1. The van der Waals surface area contributed by atoms with Crippen molar-refractivity contribution in [1.82, 2.24) is 9.78 Å². The number of ether oxygens (including phenoxy) is 1. The lowest BCUT2D eigenvalue weighted by Crippen LogP contribution is -2.28. The van der Waals surface area contributed by atoms with Gasteiger partial charge < -0.3 is 10.1 Å². The highest BCUT2D eigenvalue weighted by molar-refractivity contribution is 6.08. The number of rotatable bonds is 5. The number of amides is 1. The quantitative estimate of drug-likeness (QED) is 0.644. The van der Waals surface area contributed by atoms with Crippen molar-refractivity contribution >= 4 is 17.5 Å². The third-order valence-electron chi connectivity index (χ3n) is 5.42. The molecule has 1 aromatic heterocycles.